The van der Waals surface area contributed by atoms with Gasteiger partial charge in [-0.1, -0.05) is 0 Å². The molecule has 2 aliphatic rings. The van der Waals surface area contributed by atoms with Crippen LogP contribution in [0.2, 0.25) is 0 Å². The van der Waals surface area contributed by atoms with Gasteiger partial charge in [-0.3, -0.25) is 9.59 Å². The lowest BCUT2D eigenvalue weighted by atomic mass is 10.1. The van der Waals surface area contributed by atoms with Crippen LogP contribution in [0.1, 0.15) is 12.8 Å². The van der Waals surface area contributed by atoms with E-state index in [-0.39, 0.29) is 17.7 Å². The van der Waals surface area contributed by atoms with Crippen LogP contribution in [0.15, 0.2) is 0 Å². The van der Waals surface area contributed by atoms with Crippen molar-refractivity contribution in [1.82, 2.24) is 16.0 Å². The lowest BCUT2D eigenvalue weighted by Gasteiger charge is -2.12. The summed E-state index contributed by atoms with van der Waals surface area (Å²) >= 11 is 0. The van der Waals surface area contributed by atoms with Gasteiger partial charge in [0.2, 0.25) is 11.8 Å². The maximum Gasteiger partial charge on any atom is 0.225 e. The van der Waals surface area contributed by atoms with Gasteiger partial charge in [0.05, 0.1) is 5.92 Å². The zero-order valence-corrected chi connectivity index (χ0v) is 8.71. The Bertz CT molecular complexity index is 261. The monoisotopic (exact) mass is 211 g/mol. The average Bonchev–Trinajstić information content (AvgIpc) is 2.84. The number of carbonyl (C=O) groups is 2. The maximum absolute atomic E-state index is 11.6. The van der Waals surface area contributed by atoms with Crippen LogP contribution in [0.4, 0.5) is 0 Å². The van der Waals surface area contributed by atoms with E-state index in [1.54, 1.807) is 0 Å². The molecule has 0 bridgehead atoms. The van der Waals surface area contributed by atoms with Crippen LogP contribution in [0.3, 0.4) is 0 Å². The van der Waals surface area contributed by atoms with Crippen molar-refractivity contribution in [3.8, 4) is 0 Å². The van der Waals surface area contributed by atoms with Crippen molar-refractivity contribution in [2.75, 3.05) is 26.2 Å². The number of carbonyl (C=O) groups excluding carboxylic acids is 2. The van der Waals surface area contributed by atoms with Crippen LogP contribution in [0, 0.1) is 11.8 Å². The van der Waals surface area contributed by atoms with Gasteiger partial charge >= 0.3 is 0 Å². The van der Waals surface area contributed by atoms with Gasteiger partial charge in [-0.25, -0.2) is 0 Å². The highest BCUT2D eigenvalue weighted by molar-refractivity contribution is 5.89. The van der Waals surface area contributed by atoms with Crippen molar-refractivity contribution in [1.29, 1.82) is 0 Å². The van der Waals surface area contributed by atoms with Crippen molar-refractivity contribution in [3.05, 3.63) is 0 Å². The minimum absolute atomic E-state index is 0.0141. The lowest BCUT2D eigenvalue weighted by Crippen LogP contribution is -2.35. The molecule has 2 unspecified atom stereocenters. The summed E-state index contributed by atoms with van der Waals surface area (Å²) < 4.78 is 0. The average molecular weight is 211 g/mol. The molecule has 0 aromatic carbocycles. The summed E-state index contributed by atoms with van der Waals surface area (Å²) in [6, 6.07) is 0. The summed E-state index contributed by atoms with van der Waals surface area (Å²) in [6.45, 7) is 3.26. The first kappa shape index (κ1) is 10.4. The topological polar surface area (TPSA) is 70.2 Å². The van der Waals surface area contributed by atoms with Gasteiger partial charge in [-0.2, -0.15) is 0 Å². The van der Waals surface area contributed by atoms with E-state index < -0.39 is 0 Å². The first-order valence-electron chi connectivity index (χ1n) is 5.51. The minimum Gasteiger partial charge on any atom is -0.355 e. The summed E-state index contributed by atoms with van der Waals surface area (Å²) in [6.07, 6.45) is 1.47. The molecule has 0 aromatic rings. The molecule has 5 nitrogen and oxygen atoms in total. The molecule has 2 amide bonds. The SMILES string of the molecule is O=C1CC(C(=O)NCC2CCNC2)CN1. The number of hydrogen-bond donors (Lipinski definition) is 3. The molecular formula is C10H17N3O2. The fourth-order valence-corrected chi connectivity index (χ4v) is 2.07. The third kappa shape index (κ3) is 2.68. The van der Waals surface area contributed by atoms with Gasteiger partial charge in [0, 0.05) is 19.5 Å². The van der Waals surface area contributed by atoms with Crippen molar-refractivity contribution in [2.45, 2.75) is 12.8 Å². The van der Waals surface area contributed by atoms with Gasteiger partial charge in [-0.05, 0) is 25.4 Å². The van der Waals surface area contributed by atoms with E-state index in [1.807, 2.05) is 0 Å². The number of hydrogen-bond acceptors (Lipinski definition) is 3. The standard InChI is InChI=1S/C10H17N3O2/c14-9-3-8(6-12-9)10(15)13-5-7-1-2-11-4-7/h7-8,11H,1-6H2,(H,12,14)(H,13,15). The normalized spacial score (nSPS) is 30.3. The molecule has 0 spiro atoms. The molecule has 0 saturated carbocycles. The highest BCUT2D eigenvalue weighted by Crippen LogP contribution is 2.10. The van der Waals surface area contributed by atoms with Crippen LogP contribution in [-0.2, 0) is 9.59 Å². The fourth-order valence-electron chi connectivity index (χ4n) is 2.07. The van der Waals surface area contributed by atoms with Gasteiger partial charge in [0.25, 0.3) is 0 Å². The quantitative estimate of drug-likeness (QED) is 0.552. The van der Waals surface area contributed by atoms with Crippen LogP contribution in [0.5, 0.6) is 0 Å². The molecule has 2 aliphatic heterocycles. The Hall–Kier alpha value is -1.10. The Kier molecular flexibility index (Phi) is 3.20. The van der Waals surface area contributed by atoms with E-state index in [1.165, 1.54) is 0 Å². The third-order valence-electron chi connectivity index (χ3n) is 3.08. The summed E-state index contributed by atoms with van der Waals surface area (Å²) in [7, 11) is 0. The molecule has 2 fully saturated rings. The Morgan fingerprint density at radius 2 is 2.33 bits per heavy atom. The van der Waals surface area contributed by atoms with E-state index in [0.29, 0.717) is 18.9 Å². The van der Waals surface area contributed by atoms with Crippen LogP contribution in [-0.4, -0.2) is 38.0 Å². The highest BCUT2D eigenvalue weighted by atomic mass is 16.2. The van der Waals surface area contributed by atoms with Crippen LogP contribution < -0.4 is 16.0 Å². The summed E-state index contributed by atoms with van der Waals surface area (Å²) in [4.78, 5) is 22.5. The molecule has 0 aliphatic carbocycles. The summed E-state index contributed by atoms with van der Waals surface area (Å²) in [5.74, 6) is 0.392. The molecule has 15 heavy (non-hydrogen) atoms. The molecule has 3 N–H and O–H groups in total. The fraction of sp³-hybridized carbons (Fsp3) is 0.800. The summed E-state index contributed by atoms with van der Waals surface area (Å²) in [5.41, 5.74) is 0. The Morgan fingerprint density at radius 1 is 1.47 bits per heavy atom. The lowest BCUT2D eigenvalue weighted by molar-refractivity contribution is -0.126. The maximum atomic E-state index is 11.6. The van der Waals surface area contributed by atoms with Gasteiger partial charge in [-0.15, -0.1) is 0 Å². The zero-order chi connectivity index (χ0) is 10.7. The van der Waals surface area contributed by atoms with Crippen molar-refractivity contribution in [3.63, 3.8) is 0 Å². The van der Waals surface area contributed by atoms with E-state index in [0.717, 1.165) is 26.1 Å². The van der Waals surface area contributed by atoms with E-state index in [2.05, 4.69) is 16.0 Å². The first-order valence-corrected chi connectivity index (χ1v) is 5.51. The Morgan fingerprint density at radius 3 is 2.93 bits per heavy atom. The first-order chi connectivity index (χ1) is 7.25. The van der Waals surface area contributed by atoms with E-state index >= 15 is 0 Å². The highest BCUT2D eigenvalue weighted by Gasteiger charge is 2.28. The van der Waals surface area contributed by atoms with E-state index in [9.17, 15) is 9.59 Å². The van der Waals surface area contributed by atoms with Crippen molar-refractivity contribution < 1.29 is 9.59 Å². The number of amides is 2. The summed E-state index contributed by atoms with van der Waals surface area (Å²) in [5, 5.41) is 8.84. The molecule has 2 atom stereocenters. The smallest absolute Gasteiger partial charge is 0.225 e. The second-order valence-corrected chi connectivity index (χ2v) is 4.31. The third-order valence-corrected chi connectivity index (χ3v) is 3.08. The second-order valence-electron chi connectivity index (χ2n) is 4.31. The predicted molar refractivity (Wildman–Crippen MR) is 55.1 cm³/mol. The van der Waals surface area contributed by atoms with Crippen molar-refractivity contribution >= 4 is 11.8 Å². The number of rotatable bonds is 3. The Labute approximate surface area is 89.0 Å². The van der Waals surface area contributed by atoms with Crippen LogP contribution >= 0.6 is 0 Å². The second kappa shape index (κ2) is 4.61. The Balaban J connectivity index is 1.70. The molecule has 0 aromatic heterocycles. The molecule has 5 heteroatoms. The molecule has 2 heterocycles. The van der Waals surface area contributed by atoms with Crippen molar-refractivity contribution in [2.24, 2.45) is 11.8 Å². The van der Waals surface area contributed by atoms with Crippen LogP contribution in [0.25, 0.3) is 0 Å². The molecule has 0 radical (unpaired) electrons. The van der Waals surface area contributed by atoms with Gasteiger partial charge in [0.1, 0.15) is 0 Å². The minimum atomic E-state index is -0.160. The molecule has 2 rings (SSSR count). The predicted octanol–water partition coefficient (Wildman–Crippen LogP) is -1.15. The molecular weight excluding hydrogens is 194 g/mol. The van der Waals surface area contributed by atoms with E-state index in [4.69, 9.17) is 0 Å². The zero-order valence-electron chi connectivity index (χ0n) is 8.71. The molecule has 84 valence electrons. The largest absolute Gasteiger partial charge is 0.355 e. The molecule has 2 saturated heterocycles. The number of nitrogens with one attached hydrogen (secondary N) is 3. The van der Waals surface area contributed by atoms with Gasteiger partial charge in [0.15, 0.2) is 0 Å². The van der Waals surface area contributed by atoms with Gasteiger partial charge < -0.3 is 16.0 Å².